The highest BCUT2D eigenvalue weighted by Gasteiger charge is 2.26. The zero-order valence-corrected chi connectivity index (χ0v) is 12.6. The van der Waals surface area contributed by atoms with Gasteiger partial charge in [0.25, 0.3) is 0 Å². The van der Waals surface area contributed by atoms with Gasteiger partial charge in [-0.15, -0.1) is 11.3 Å². The molecule has 2 amide bonds. The molecule has 2 atom stereocenters. The summed E-state index contributed by atoms with van der Waals surface area (Å²) in [5.74, 6) is -0.822. The number of carbonyl (C=O) groups excluding carboxylic acids is 1. The number of amides is 2. The molecule has 116 valence electrons. The second-order valence-corrected chi connectivity index (χ2v) is 6.14. The van der Waals surface area contributed by atoms with Crippen molar-refractivity contribution in [3.63, 3.8) is 0 Å². The molecule has 1 aliphatic rings. The van der Waals surface area contributed by atoms with Gasteiger partial charge in [-0.05, 0) is 12.3 Å². The molecule has 1 aromatic rings. The molecule has 2 rings (SSSR count). The number of aliphatic hydroxyl groups excluding tert-OH is 1. The Bertz CT molecular complexity index is 519. The van der Waals surface area contributed by atoms with Gasteiger partial charge < -0.3 is 20.4 Å². The van der Waals surface area contributed by atoms with Crippen molar-refractivity contribution >= 4 is 23.3 Å². The highest BCUT2D eigenvalue weighted by molar-refractivity contribution is 7.09. The van der Waals surface area contributed by atoms with Crippen molar-refractivity contribution < 1.29 is 19.8 Å². The van der Waals surface area contributed by atoms with Crippen molar-refractivity contribution in [3.05, 3.63) is 16.1 Å². The second-order valence-electron chi connectivity index (χ2n) is 5.19. The second kappa shape index (κ2) is 6.86. The number of piperidine rings is 1. The molecule has 0 aliphatic carbocycles. The number of aromatic nitrogens is 1. The number of nitrogens with one attached hydrogen (secondary N) is 1. The number of hydrogen-bond donors (Lipinski definition) is 3. The quantitative estimate of drug-likeness (QED) is 0.763. The molecule has 2 heterocycles. The summed E-state index contributed by atoms with van der Waals surface area (Å²) in [5.41, 5.74) is 0.0365. The van der Waals surface area contributed by atoms with E-state index in [1.54, 1.807) is 4.90 Å². The van der Waals surface area contributed by atoms with E-state index in [0.29, 0.717) is 31.1 Å². The first-order chi connectivity index (χ1) is 9.97. The Kier molecular flexibility index (Phi) is 5.13. The Balaban J connectivity index is 1.75. The monoisotopic (exact) mass is 313 g/mol. The van der Waals surface area contributed by atoms with Gasteiger partial charge in [-0.25, -0.2) is 14.6 Å². The van der Waals surface area contributed by atoms with Gasteiger partial charge in [0.2, 0.25) is 0 Å². The van der Waals surface area contributed by atoms with Crippen LogP contribution in [0.2, 0.25) is 0 Å². The number of urea groups is 1. The van der Waals surface area contributed by atoms with E-state index in [-0.39, 0.29) is 17.6 Å². The number of β-amino-alcohol motifs (C(OH)–C–C–N with tert-alkyl or cyclic N) is 1. The summed E-state index contributed by atoms with van der Waals surface area (Å²) in [5, 5.41) is 23.5. The van der Waals surface area contributed by atoms with Gasteiger partial charge >= 0.3 is 12.0 Å². The van der Waals surface area contributed by atoms with Crippen LogP contribution in [0.4, 0.5) is 4.79 Å². The summed E-state index contributed by atoms with van der Waals surface area (Å²) in [7, 11) is 0. The standard InChI is InChI=1S/C13H19N3O4S/c1-8-3-5-16(6-10(8)17)13(20)14-4-2-11-15-9(7-21-11)12(18)19/h7-8,10,17H,2-6H2,1H3,(H,14,20)(H,18,19). The fourth-order valence-electron chi connectivity index (χ4n) is 2.15. The summed E-state index contributed by atoms with van der Waals surface area (Å²) < 4.78 is 0. The fraction of sp³-hybridized carbons (Fsp3) is 0.615. The van der Waals surface area contributed by atoms with Crippen LogP contribution in [0.5, 0.6) is 0 Å². The number of nitrogens with zero attached hydrogens (tertiary/aromatic N) is 2. The molecule has 1 aromatic heterocycles. The first-order valence-electron chi connectivity index (χ1n) is 6.86. The maximum atomic E-state index is 11.9. The Labute approximate surface area is 126 Å². The van der Waals surface area contributed by atoms with Gasteiger partial charge in [0.1, 0.15) is 0 Å². The molecule has 0 saturated carbocycles. The van der Waals surface area contributed by atoms with Gasteiger partial charge in [0, 0.05) is 31.4 Å². The Hall–Kier alpha value is -1.67. The Morgan fingerprint density at radius 1 is 1.57 bits per heavy atom. The number of aromatic carboxylic acids is 1. The molecule has 1 saturated heterocycles. The minimum Gasteiger partial charge on any atom is -0.476 e. The minimum atomic E-state index is -1.04. The van der Waals surface area contributed by atoms with E-state index in [2.05, 4.69) is 10.3 Å². The highest BCUT2D eigenvalue weighted by Crippen LogP contribution is 2.16. The average molecular weight is 313 g/mol. The Morgan fingerprint density at radius 3 is 2.95 bits per heavy atom. The van der Waals surface area contributed by atoms with Crippen LogP contribution in [-0.4, -0.2) is 57.8 Å². The van der Waals surface area contributed by atoms with Crippen LogP contribution in [0.1, 0.15) is 28.8 Å². The summed E-state index contributed by atoms with van der Waals surface area (Å²) in [6, 6.07) is -0.198. The lowest BCUT2D eigenvalue weighted by Crippen LogP contribution is -2.49. The number of carboxylic acid groups (broad SMARTS) is 1. The maximum absolute atomic E-state index is 11.9. The van der Waals surface area contributed by atoms with E-state index < -0.39 is 12.1 Å². The van der Waals surface area contributed by atoms with E-state index in [4.69, 9.17) is 5.11 Å². The molecular formula is C13H19N3O4S. The van der Waals surface area contributed by atoms with E-state index in [1.807, 2.05) is 6.92 Å². The third-order valence-electron chi connectivity index (χ3n) is 3.59. The summed E-state index contributed by atoms with van der Waals surface area (Å²) >= 11 is 1.27. The summed E-state index contributed by atoms with van der Waals surface area (Å²) in [6.07, 6.45) is 0.820. The molecule has 21 heavy (non-hydrogen) atoms. The molecule has 2 unspecified atom stereocenters. The molecule has 0 spiro atoms. The first kappa shape index (κ1) is 15.7. The molecule has 0 aromatic carbocycles. The van der Waals surface area contributed by atoms with E-state index >= 15 is 0 Å². The molecule has 1 fully saturated rings. The van der Waals surface area contributed by atoms with Crippen LogP contribution in [-0.2, 0) is 6.42 Å². The lowest BCUT2D eigenvalue weighted by atomic mass is 9.96. The first-order valence-corrected chi connectivity index (χ1v) is 7.74. The number of carbonyl (C=O) groups is 2. The number of carboxylic acids is 1. The van der Waals surface area contributed by atoms with Crippen LogP contribution in [0.3, 0.4) is 0 Å². The van der Waals surface area contributed by atoms with E-state index in [0.717, 1.165) is 6.42 Å². The normalized spacial score (nSPS) is 22.1. The van der Waals surface area contributed by atoms with Crippen molar-refractivity contribution in [2.45, 2.75) is 25.9 Å². The number of likely N-dealkylation sites (tertiary alicyclic amines) is 1. The lowest BCUT2D eigenvalue weighted by Gasteiger charge is -2.34. The molecule has 7 nitrogen and oxygen atoms in total. The van der Waals surface area contributed by atoms with Gasteiger partial charge in [0.15, 0.2) is 5.69 Å². The summed E-state index contributed by atoms with van der Waals surface area (Å²) in [4.78, 5) is 28.2. The number of thiazole rings is 1. The fourth-order valence-corrected chi connectivity index (χ4v) is 2.92. The number of aliphatic hydroxyl groups is 1. The summed E-state index contributed by atoms with van der Waals surface area (Å²) in [6.45, 7) is 3.37. The number of hydrogen-bond acceptors (Lipinski definition) is 5. The molecule has 8 heteroatoms. The molecule has 0 radical (unpaired) electrons. The van der Waals surface area contributed by atoms with Crippen molar-refractivity contribution in [2.24, 2.45) is 5.92 Å². The lowest BCUT2D eigenvalue weighted by molar-refractivity contribution is 0.0436. The maximum Gasteiger partial charge on any atom is 0.355 e. The van der Waals surface area contributed by atoms with Crippen molar-refractivity contribution in [1.82, 2.24) is 15.2 Å². The smallest absolute Gasteiger partial charge is 0.355 e. The van der Waals surface area contributed by atoms with Gasteiger partial charge in [-0.2, -0.15) is 0 Å². The number of rotatable bonds is 4. The van der Waals surface area contributed by atoms with Crippen LogP contribution < -0.4 is 5.32 Å². The molecule has 1 aliphatic heterocycles. The molecule has 3 N–H and O–H groups in total. The average Bonchev–Trinajstić information content (AvgIpc) is 2.91. The van der Waals surface area contributed by atoms with Crippen LogP contribution in [0.25, 0.3) is 0 Å². The predicted molar refractivity (Wildman–Crippen MR) is 77.5 cm³/mol. The minimum absolute atomic E-state index is 0.0365. The predicted octanol–water partition coefficient (Wildman–Crippen LogP) is 0.796. The topological polar surface area (TPSA) is 103 Å². The molecule has 0 bridgehead atoms. The van der Waals surface area contributed by atoms with E-state index in [1.165, 1.54) is 16.7 Å². The zero-order chi connectivity index (χ0) is 15.4. The molecular weight excluding hydrogens is 294 g/mol. The Morgan fingerprint density at radius 2 is 2.33 bits per heavy atom. The third-order valence-corrected chi connectivity index (χ3v) is 4.50. The van der Waals surface area contributed by atoms with Crippen molar-refractivity contribution in [3.8, 4) is 0 Å². The van der Waals surface area contributed by atoms with Gasteiger partial charge in [0.05, 0.1) is 11.1 Å². The van der Waals surface area contributed by atoms with Crippen molar-refractivity contribution in [1.29, 1.82) is 0 Å². The van der Waals surface area contributed by atoms with E-state index in [9.17, 15) is 14.7 Å². The van der Waals surface area contributed by atoms with Crippen LogP contribution in [0.15, 0.2) is 5.38 Å². The third kappa shape index (κ3) is 4.15. The SMILES string of the molecule is CC1CCN(C(=O)NCCc2nc(C(=O)O)cs2)CC1O. The van der Waals surface area contributed by atoms with Gasteiger partial charge in [-0.3, -0.25) is 0 Å². The zero-order valence-electron chi connectivity index (χ0n) is 11.8. The highest BCUT2D eigenvalue weighted by atomic mass is 32.1. The van der Waals surface area contributed by atoms with Crippen molar-refractivity contribution in [2.75, 3.05) is 19.6 Å². The van der Waals surface area contributed by atoms with Gasteiger partial charge in [-0.1, -0.05) is 6.92 Å². The van der Waals surface area contributed by atoms with Crippen LogP contribution in [0, 0.1) is 5.92 Å². The van der Waals surface area contributed by atoms with Crippen LogP contribution >= 0.6 is 11.3 Å². The largest absolute Gasteiger partial charge is 0.476 e.